The van der Waals surface area contributed by atoms with Gasteiger partial charge in [-0.25, -0.2) is 0 Å². The van der Waals surface area contributed by atoms with Gasteiger partial charge in [0, 0.05) is 18.4 Å². The Bertz CT molecular complexity index is 427. The summed E-state index contributed by atoms with van der Waals surface area (Å²) in [6, 6.07) is 8.07. The maximum atomic E-state index is 5.63. The van der Waals surface area contributed by atoms with Gasteiger partial charge in [-0.2, -0.15) is 0 Å². The van der Waals surface area contributed by atoms with Crippen LogP contribution >= 0.6 is 0 Å². The van der Waals surface area contributed by atoms with E-state index in [-0.39, 0.29) is 5.60 Å². The van der Waals surface area contributed by atoms with E-state index < -0.39 is 0 Å². The van der Waals surface area contributed by atoms with Gasteiger partial charge >= 0.3 is 0 Å². The average molecular weight is 203 g/mol. The maximum absolute atomic E-state index is 5.63. The normalized spacial score (nSPS) is 27.9. The molecule has 0 saturated heterocycles. The minimum atomic E-state index is -0.251. The first-order valence-electron chi connectivity index (χ1n) is 5.24. The highest BCUT2D eigenvalue weighted by Crippen LogP contribution is 2.44. The Morgan fingerprint density at radius 3 is 3.00 bits per heavy atom. The van der Waals surface area contributed by atoms with Gasteiger partial charge in [-0.15, -0.1) is 0 Å². The summed E-state index contributed by atoms with van der Waals surface area (Å²) in [5.41, 5.74) is 1.95. The van der Waals surface area contributed by atoms with Gasteiger partial charge < -0.3 is 9.57 Å². The van der Waals surface area contributed by atoms with Crippen LogP contribution in [-0.2, 0) is 10.4 Å². The van der Waals surface area contributed by atoms with E-state index >= 15 is 0 Å². The van der Waals surface area contributed by atoms with Crippen molar-refractivity contribution in [1.29, 1.82) is 0 Å². The van der Waals surface area contributed by atoms with Crippen LogP contribution in [-0.4, -0.2) is 12.3 Å². The summed E-state index contributed by atoms with van der Waals surface area (Å²) >= 11 is 0. The van der Waals surface area contributed by atoms with Crippen molar-refractivity contribution >= 4 is 5.71 Å². The highest BCUT2D eigenvalue weighted by molar-refractivity contribution is 5.84. The minimum Gasteiger partial charge on any atom is -0.493 e. The molecule has 15 heavy (non-hydrogen) atoms. The van der Waals surface area contributed by atoms with E-state index in [2.05, 4.69) is 11.2 Å². The molecule has 1 aromatic carbocycles. The van der Waals surface area contributed by atoms with Crippen molar-refractivity contribution in [2.45, 2.75) is 25.4 Å². The molecule has 0 saturated carbocycles. The second-order valence-corrected chi connectivity index (χ2v) is 4.18. The predicted molar refractivity (Wildman–Crippen MR) is 57.0 cm³/mol. The first-order valence-corrected chi connectivity index (χ1v) is 5.24. The fourth-order valence-corrected chi connectivity index (χ4v) is 2.35. The van der Waals surface area contributed by atoms with Gasteiger partial charge in [-0.1, -0.05) is 23.4 Å². The number of nitrogens with zero attached hydrogens (tertiary/aromatic N) is 1. The van der Waals surface area contributed by atoms with Gasteiger partial charge in [0.2, 0.25) is 0 Å². The third-order valence-corrected chi connectivity index (χ3v) is 3.06. The Labute approximate surface area is 88.7 Å². The van der Waals surface area contributed by atoms with E-state index in [1.54, 1.807) is 0 Å². The van der Waals surface area contributed by atoms with E-state index in [9.17, 15) is 0 Å². The first kappa shape index (κ1) is 8.77. The molecule has 1 unspecified atom stereocenters. The quantitative estimate of drug-likeness (QED) is 0.648. The van der Waals surface area contributed by atoms with Crippen LogP contribution in [0.2, 0.25) is 0 Å². The molecule has 3 heteroatoms. The highest BCUT2D eigenvalue weighted by Gasteiger charge is 2.43. The minimum absolute atomic E-state index is 0.251. The first-order chi connectivity index (χ1) is 7.30. The Balaban J connectivity index is 2.07. The molecule has 1 aromatic rings. The Morgan fingerprint density at radius 1 is 1.33 bits per heavy atom. The summed E-state index contributed by atoms with van der Waals surface area (Å²) < 4.78 is 5.61. The fraction of sp³-hybridized carbons (Fsp3) is 0.417. The second-order valence-electron chi connectivity index (χ2n) is 4.18. The Morgan fingerprint density at radius 2 is 2.20 bits per heavy atom. The van der Waals surface area contributed by atoms with E-state index in [1.165, 1.54) is 0 Å². The lowest BCUT2D eigenvalue weighted by Crippen LogP contribution is -2.32. The van der Waals surface area contributed by atoms with E-state index in [1.807, 2.05) is 25.1 Å². The number of hydrogen-bond acceptors (Lipinski definition) is 3. The Kier molecular flexibility index (Phi) is 1.75. The van der Waals surface area contributed by atoms with Crippen LogP contribution in [0.5, 0.6) is 5.75 Å². The molecule has 2 aliphatic heterocycles. The number of rotatable bonds is 0. The van der Waals surface area contributed by atoms with Crippen molar-refractivity contribution in [1.82, 2.24) is 0 Å². The summed E-state index contributed by atoms with van der Waals surface area (Å²) in [6.45, 7) is 2.71. The molecule has 1 spiro atoms. The molecule has 2 aliphatic rings. The molecular weight excluding hydrogens is 190 g/mol. The second kappa shape index (κ2) is 2.99. The van der Waals surface area contributed by atoms with E-state index in [0.717, 1.165) is 29.9 Å². The molecule has 0 fully saturated rings. The van der Waals surface area contributed by atoms with Crippen LogP contribution in [0.1, 0.15) is 25.3 Å². The number of para-hydroxylation sites is 1. The molecule has 0 N–H and O–H groups in total. The van der Waals surface area contributed by atoms with Crippen molar-refractivity contribution < 1.29 is 9.57 Å². The predicted octanol–water partition coefficient (Wildman–Crippen LogP) is 2.46. The average Bonchev–Trinajstić information content (AvgIpc) is 2.62. The topological polar surface area (TPSA) is 30.8 Å². The van der Waals surface area contributed by atoms with Gasteiger partial charge in [0.15, 0.2) is 5.60 Å². The van der Waals surface area contributed by atoms with Crippen LogP contribution in [0.25, 0.3) is 0 Å². The standard InChI is InChI=1S/C12H13NO2/c1-9-8-12(15-13-9)6-7-14-11-5-3-2-4-10(11)12/h2-5H,6-8H2,1H3. The lowest BCUT2D eigenvalue weighted by molar-refractivity contribution is -0.0502. The zero-order valence-electron chi connectivity index (χ0n) is 8.69. The SMILES string of the molecule is CC1=NOC2(CCOc3ccccc32)C1. The molecule has 0 bridgehead atoms. The molecule has 0 aromatic heterocycles. The van der Waals surface area contributed by atoms with Gasteiger partial charge in [-0.05, 0) is 13.0 Å². The van der Waals surface area contributed by atoms with Crippen molar-refractivity contribution in [2.24, 2.45) is 5.16 Å². The molecule has 0 amide bonds. The van der Waals surface area contributed by atoms with Gasteiger partial charge in [0.25, 0.3) is 0 Å². The molecular formula is C12H13NO2. The zero-order chi connectivity index (χ0) is 10.3. The van der Waals surface area contributed by atoms with Crippen molar-refractivity contribution in [3.05, 3.63) is 29.8 Å². The van der Waals surface area contributed by atoms with Gasteiger partial charge in [0.1, 0.15) is 5.75 Å². The number of ether oxygens (including phenoxy) is 1. The fourth-order valence-electron chi connectivity index (χ4n) is 2.35. The highest BCUT2D eigenvalue weighted by atomic mass is 16.7. The summed E-state index contributed by atoms with van der Waals surface area (Å²) in [7, 11) is 0. The van der Waals surface area contributed by atoms with Crippen LogP contribution in [0.15, 0.2) is 29.4 Å². The summed E-state index contributed by atoms with van der Waals surface area (Å²) in [4.78, 5) is 5.63. The van der Waals surface area contributed by atoms with Crippen molar-refractivity contribution in [3.8, 4) is 5.75 Å². The van der Waals surface area contributed by atoms with Gasteiger partial charge in [0.05, 0.1) is 12.3 Å². The van der Waals surface area contributed by atoms with Crippen LogP contribution < -0.4 is 4.74 Å². The van der Waals surface area contributed by atoms with Gasteiger partial charge in [-0.3, -0.25) is 0 Å². The maximum Gasteiger partial charge on any atom is 0.174 e. The van der Waals surface area contributed by atoms with E-state index in [0.29, 0.717) is 6.61 Å². The third kappa shape index (κ3) is 1.23. The Hall–Kier alpha value is -1.51. The monoisotopic (exact) mass is 203 g/mol. The molecule has 78 valence electrons. The third-order valence-electron chi connectivity index (χ3n) is 3.06. The number of oxime groups is 1. The number of fused-ring (bicyclic) bond motifs is 2. The molecule has 3 nitrogen and oxygen atoms in total. The summed E-state index contributed by atoms with van der Waals surface area (Å²) in [5, 5.41) is 4.07. The van der Waals surface area contributed by atoms with E-state index in [4.69, 9.17) is 9.57 Å². The lowest BCUT2D eigenvalue weighted by Gasteiger charge is -2.32. The van der Waals surface area contributed by atoms with Crippen LogP contribution in [0.3, 0.4) is 0 Å². The molecule has 2 heterocycles. The largest absolute Gasteiger partial charge is 0.493 e. The van der Waals surface area contributed by atoms with Crippen molar-refractivity contribution in [3.63, 3.8) is 0 Å². The molecule has 0 aliphatic carbocycles. The zero-order valence-corrected chi connectivity index (χ0v) is 8.69. The summed E-state index contributed by atoms with van der Waals surface area (Å²) in [6.07, 6.45) is 1.76. The molecule has 0 radical (unpaired) electrons. The van der Waals surface area contributed by atoms with Crippen LogP contribution in [0, 0.1) is 0 Å². The molecule has 3 rings (SSSR count). The number of hydrogen-bond donors (Lipinski definition) is 0. The smallest absolute Gasteiger partial charge is 0.174 e. The van der Waals surface area contributed by atoms with Crippen molar-refractivity contribution in [2.75, 3.05) is 6.61 Å². The molecule has 1 atom stereocenters. The summed E-state index contributed by atoms with van der Waals surface area (Å²) in [5.74, 6) is 0.939. The van der Waals surface area contributed by atoms with Crippen LogP contribution in [0.4, 0.5) is 0 Å². The lowest BCUT2D eigenvalue weighted by atomic mass is 9.84. The number of benzene rings is 1.